The minimum absolute atomic E-state index is 0.324. The Morgan fingerprint density at radius 2 is 2.40 bits per heavy atom. The van der Waals surface area contributed by atoms with E-state index in [1.54, 1.807) is 12.1 Å². The number of rotatable bonds is 3. The van der Waals surface area contributed by atoms with Gasteiger partial charge in [-0.3, -0.25) is 0 Å². The van der Waals surface area contributed by atoms with Crippen molar-refractivity contribution in [3.63, 3.8) is 0 Å². The van der Waals surface area contributed by atoms with Crippen LogP contribution in [0.3, 0.4) is 0 Å². The fraction of sp³-hybridized carbons (Fsp3) is 0.273. The molecule has 0 saturated heterocycles. The van der Waals surface area contributed by atoms with Gasteiger partial charge in [0, 0.05) is 17.7 Å². The molecule has 1 aliphatic rings. The van der Waals surface area contributed by atoms with Crippen LogP contribution < -0.4 is 4.84 Å². The Labute approximate surface area is 87.6 Å². The molecule has 0 radical (unpaired) electrons. The quantitative estimate of drug-likeness (QED) is 0.763. The molecule has 3 nitrogen and oxygen atoms in total. The fourth-order valence-corrected chi connectivity index (χ4v) is 1.29. The summed E-state index contributed by atoms with van der Waals surface area (Å²) in [6.45, 7) is 2.55. The van der Waals surface area contributed by atoms with Crippen LogP contribution in [0, 0.1) is 5.82 Å². The molecule has 2 rings (SSSR count). The number of allylic oxidation sites excluding steroid dienone is 1. The largest absolute Gasteiger partial charge is 0.376 e. The Kier molecular flexibility index (Phi) is 2.87. The highest BCUT2D eigenvalue weighted by molar-refractivity contribution is 5.22. The molecule has 0 amide bonds. The van der Waals surface area contributed by atoms with Crippen LogP contribution >= 0.6 is 0 Å². The van der Waals surface area contributed by atoms with Gasteiger partial charge in [-0.2, -0.15) is 0 Å². The van der Waals surface area contributed by atoms with E-state index in [2.05, 4.69) is 0 Å². The lowest BCUT2D eigenvalue weighted by atomic mass is 10.3. The topological polar surface area (TPSA) is 21.7 Å². The van der Waals surface area contributed by atoms with Crippen LogP contribution in [0.1, 0.15) is 13.3 Å². The van der Waals surface area contributed by atoms with Gasteiger partial charge in [0.15, 0.2) is 5.75 Å². The molecule has 0 atom stereocenters. The average molecular weight is 209 g/mol. The van der Waals surface area contributed by atoms with Gasteiger partial charge in [-0.05, 0) is 18.2 Å². The van der Waals surface area contributed by atoms with Crippen molar-refractivity contribution in [2.75, 3.05) is 6.54 Å². The van der Waals surface area contributed by atoms with Crippen molar-refractivity contribution in [1.29, 1.82) is 0 Å². The van der Waals surface area contributed by atoms with Crippen LogP contribution in [0.5, 0.6) is 5.75 Å². The molecule has 1 aliphatic heterocycles. The third-order valence-corrected chi connectivity index (χ3v) is 2.04. The Morgan fingerprint density at radius 3 is 3.07 bits per heavy atom. The van der Waals surface area contributed by atoms with Gasteiger partial charge in [-0.25, -0.2) is 4.39 Å². The van der Waals surface area contributed by atoms with Gasteiger partial charge in [-0.1, -0.05) is 13.0 Å². The number of nitrogens with zero attached hydrogens (tertiary/aromatic N) is 1. The van der Waals surface area contributed by atoms with Gasteiger partial charge in [0.25, 0.3) is 0 Å². The highest BCUT2D eigenvalue weighted by Crippen LogP contribution is 2.19. The van der Waals surface area contributed by atoms with Crippen LogP contribution in [0.15, 0.2) is 36.1 Å². The van der Waals surface area contributed by atoms with E-state index in [9.17, 15) is 4.39 Å². The molecule has 0 unspecified atom stereocenters. The van der Waals surface area contributed by atoms with E-state index in [0.717, 1.165) is 12.2 Å². The molecule has 0 spiro atoms. The van der Waals surface area contributed by atoms with Crippen LogP contribution in [0.4, 0.5) is 4.39 Å². The zero-order valence-electron chi connectivity index (χ0n) is 8.44. The summed E-state index contributed by atoms with van der Waals surface area (Å²) >= 11 is 0. The molecule has 4 heteroatoms. The van der Waals surface area contributed by atoms with Crippen molar-refractivity contribution in [2.24, 2.45) is 0 Å². The molecule has 1 aromatic rings. The first-order chi connectivity index (χ1) is 7.28. The summed E-state index contributed by atoms with van der Waals surface area (Å²) in [5.74, 6) is 0.975. The van der Waals surface area contributed by atoms with Gasteiger partial charge in [0.2, 0.25) is 0 Å². The number of hydroxylamine groups is 2. The molecule has 80 valence electrons. The van der Waals surface area contributed by atoms with E-state index >= 15 is 0 Å². The standard InChI is InChI=1S/C11H12FNO2/c1-2-10-6-7-13(14-10)15-11-5-3-4-9(12)8-11/h3-6,8H,2,7H2,1H3. The summed E-state index contributed by atoms with van der Waals surface area (Å²) in [6.07, 6.45) is 2.75. The molecule has 0 fully saturated rings. The van der Waals surface area contributed by atoms with Crippen molar-refractivity contribution in [3.8, 4) is 5.75 Å². The maximum Gasteiger partial charge on any atom is 0.154 e. The fourth-order valence-electron chi connectivity index (χ4n) is 1.29. The second kappa shape index (κ2) is 4.31. The van der Waals surface area contributed by atoms with Crippen molar-refractivity contribution in [2.45, 2.75) is 13.3 Å². The lowest BCUT2D eigenvalue weighted by molar-refractivity contribution is -0.275. The Balaban J connectivity index is 1.94. The normalized spacial score (nSPS) is 16.0. The first-order valence-corrected chi connectivity index (χ1v) is 4.86. The van der Waals surface area contributed by atoms with Gasteiger partial charge in [-0.15, -0.1) is 0 Å². The summed E-state index contributed by atoms with van der Waals surface area (Å²) in [5.41, 5.74) is 0. The molecule has 1 aromatic carbocycles. The van der Waals surface area contributed by atoms with Gasteiger partial charge >= 0.3 is 0 Å². The van der Waals surface area contributed by atoms with Gasteiger partial charge < -0.3 is 9.68 Å². The van der Waals surface area contributed by atoms with Gasteiger partial charge in [0.05, 0.1) is 6.54 Å². The number of hydrogen-bond donors (Lipinski definition) is 0. The lowest BCUT2D eigenvalue weighted by Gasteiger charge is -2.15. The summed E-state index contributed by atoms with van der Waals surface area (Å²) < 4.78 is 12.8. The molecule has 0 aromatic heterocycles. The summed E-state index contributed by atoms with van der Waals surface area (Å²) in [4.78, 5) is 10.6. The van der Waals surface area contributed by atoms with Crippen molar-refractivity contribution >= 4 is 0 Å². The van der Waals surface area contributed by atoms with Crippen molar-refractivity contribution < 1.29 is 14.1 Å². The lowest BCUT2D eigenvalue weighted by Crippen LogP contribution is -2.23. The minimum Gasteiger partial charge on any atom is -0.376 e. The van der Waals surface area contributed by atoms with Crippen LogP contribution in [-0.4, -0.2) is 11.8 Å². The molecular formula is C11H12FNO2. The first-order valence-electron chi connectivity index (χ1n) is 4.86. The summed E-state index contributed by atoms with van der Waals surface area (Å²) in [5, 5.41) is 1.33. The van der Waals surface area contributed by atoms with E-state index in [4.69, 9.17) is 9.68 Å². The molecule has 1 heterocycles. The van der Waals surface area contributed by atoms with E-state index in [1.165, 1.54) is 17.4 Å². The van der Waals surface area contributed by atoms with Gasteiger partial charge in [0.1, 0.15) is 11.6 Å². The third-order valence-electron chi connectivity index (χ3n) is 2.04. The smallest absolute Gasteiger partial charge is 0.154 e. The number of benzene rings is 1. The second-order valence-corrected chi connectivity index (χ2v) is 3.18. The molecule has 0 saturated carbocycles. The third kappa shape index (κ3) is 2.47. The van der Waals surface area contributed by atoms with E-state index < -0.39 is 0 Å². The molecule has 0 aliphatic carbocycles. The highest BCUT2D eigenvalue weighted by atomic mass is 19.1. The molecule has 15 heavy (non-hydrogen) atoms. The molecular weight excluding hydrogens is 197 g/mol. The van der Waals surface area contributed by atoms with Crippen LogP contribution in [-0.2, 0) is 4.84 Å². The predicted molar refractivity (Wildman–Crippen MR) is 53.2 cm³/mol. The minimum atomic E-state index is -0.324. The zero-order chi connectivity index (χ0) is 10.7. The van der Waals surface area contributed by atoms with E-state index in [0.29, 0.717) is 12.3 Å². The van der Waals surface area contributed by atoms with E-state index in [1.807, 2.05) is 13.0 Å². The predicted octanol–water partition coefficient (Wildman–Crippen LogP) is 2.66. The Morgan fingerprint density at radius 1 is 1.53 bits per heavy atom. The zero-order valence-corrected chi connectivity index (χ0v) is 8.44. The monoisotopic (exact) mass is 209 g/mol. The maximum absolute atomic E-state index is 12.8. The highest BCUT2D eigenvalue weighted by Gasteiger charge is 2.16. The number of hydrogen-bond acceptors (Lipinski definition) is 3. The number of halogens is 1. The van der Waals surface area contributed by atoms with Crippen LogP contribution in [0.2, 0.25) is 0 Å². The summed E-state index contributed by atoms with van der Waals surface area (Å²) in [7, 11) is 0. The molecule has 0 bridgehead atoms. The second-order valence-electron chi connectivity index (χ2n) is 3.18. The average Bonchev–Trinajstić information content (AvgIpc) is 2.65. The Hall–Kier alpha value is -1.55. The van der Waals surface area contributed by atoms with Crippen molar-refractivity contribution in [1.82, 2.24) is 5.23 Å². The van der Waals surface area contributed by atoms with E-state index in [-0.39, 0.29) is 5.82 Å². The Bertz CT molecular complexity index is 379. The first kappa shape index (κ1) is 9.98. The summed E-state index contributed by atoms with van der Waals surface area (Å²) in [6, 6.07) is 5.95. The van der Waals surface area contributed by atoms with Crippen molar-refractivity contribution in [3.05, 3.63) is 41.9 Å². The molecule has 0 N–H and O–H groups in total. The maximum atomic E-state index is 12.8. The SMILES string of the molecule is CCC1=CCN(Oc2cccc(F)c2)O1. The van der Waals surface area contributed by atoms with Crippen LogP contribution in [0.25, 0.3) is 0 Å².